The lowest BCUT2D eigenvalue weighted by Gasteiger charge is -2.28. The zero-order valence-corrected chi connectivity index (χ0v) is 17.7. The summed E-state index contributed by atoms with van der Waals surface area (Å²) < 4.78 is 30.7. The summed E-state index contributed by atoms with van der Waals surface area (Å²) in [7, 11) is -2.88. The summed E-state index contributed by atoms with van der Waals surface area (Å²) in [6.07, 6.45) is 4.83. The molecule has 6 nitrogen and oxygen atoms in total. The van der Waals surface area contributed by atoms with E-state index >= 15 is 0 Å². The van der Waals surface area contributed by atoms with Crippen molar-refractivity contribution in [3.8, 4) is 0 Å². The van der Waals surface area contributed by atoms with Crippen LogP contribution in [0, 0.1) is 16.7 Å². The van der Waals surface area contributed by atoms with Crippen molar-refractivity contribution in [2.45, 2.75) is 38.8 Å². The lowest BCUT2D eigenvalue weighted by molar-refractivity contribution is -0.929. The normalized spacial score (nSPS) is 27.1. The Morgan fingerprint density at radius 1 is 1.11 bits per heavy atom. The summed E-state index contributed by atoms with van der Waals surface area (Å²) in [5.74, 6) is 1.94. The molecule has 2 aromatic rings. The molecule has 1 atom stereocenters. The Hall–Kier alpha value is -1.51. The van der Waals surface area contributed by atoms with Gasteiger partial charge in [-0.3, -0.25) is 0 Å². The Kier molecular flexibility index (Phi) is 5.99. The highest BCUT2D eigenvalue weighted by Gasteiger charge is 2.29. The fourth-order valence-corrected chi connectivity index (χ4v) is 6.48. The SMILES string of the molecule is O=S1(=O)CC[C@@H](Cc2nn(C[NH+]3CCC(Cc4ccccc4)CC3)c(=S)o2)C1. The highest BCUT2D eigenvalue weighted by Crippen LogP contribution is 2.22. The maximum Gasteiger partial charge on any atom is 0.291 e. The van der Waals surface area contributed by atoms with E-state index in [1.807, 2.05) is 0 Å². The predicted octanol–water partition coefficient (Wildman–Crippen LogP) is 1.68. The molecule has 2 saturated heterocycles. The van der Waals surface area contributed by atoms with Crippen LogP contribution in [0.15, 0.2) is 34.7 Å². The van der Waals surface area contributed by atoms with Gasteiger partial charge in [0.15, 0.2) is 16.5 Å². The lowest BCUT2D eigenvalue weighted by Crippen LogP contribution is -3.12. The molecule has 1 aromatic heterocycles. The van der Waals surface area contributed by atoms with Gasteiger partial charge in [-0.2, -0.15) is 4.68 Å². The van der Waals surface area contributed by atoms with Crippen molar-refractivity contribution < 1.29 is 17.7 Å². The van der Waals surface area contributed by atoms with Crippen LogP contribution in [0.2, 0.25) is 0 Å². The van der Waals surface area contributed by atoms with Crippen molar-refractivity contribution in [3.05, 3.63) is 46.6 Å². The molecule has 8 heteroatoms. The zero-order valence-electron chi connectivity index (χ0n) is 16.0. The van der Waals surface area contributed by atoms with Crippen molar-refractivity contribution >= 4 is 22.1 Å². The van der Waals surface area contributed by atoms with E-state index < -0.39 is 9.84 Å². The first-order valence-electron chi connectivity index (χ1n) is 10.1. The maximum atomic E-state index is 11.6. The Bertz CT molecular complexity index is 945. The molecule has 4 rings (SSSR count). The Labute approximate surface area is 171 Å². The van der Waals surface area contributed by atoms with Gasteiger partial charge in [0.25, 0.3) is 4.84 Å². The summed E-state index contributed by atoms with van der Waals surface area (Å²) in [5, 5.41) is 4.53. The average Bonchev–Trinajstić information content (AvgIpc) is 3.19. The van der Waals surface area contributed by atoms with Crippen LogP contribution in [-0.4, -0.2) is 42.8 Å². The second-order valence-corrected chi connectivity index (χ2v) is 10.9. The number of rotatable bonds is 6. The molecule has 2 aliphatic rings. The molecule has 2 fully saturated rings. The Balaban J connectivity index is 1.28. The van der Waals surface area contributed by atoms with Crippen LogP contribution in [-0.2, 0) is 29.3 Å². The number of nitrogens with zero attached hydrogens (tertiary/aromatic N) is 2. The van der Waals surface area contributed by atoms with Crippen LogP contribution in [0.4, 0.5) is 0 Å². The number of piperidine rings is 1. The first-order chi connectivity index (χ1) is 13.5. The van der Waals surface area contributed by atoms with E-state index in [0.717, 1.165) is 32.1 Å². The molecule has 0 spiro atoms. The third kappa shape index (κ3) is 5.10. The standard InChI is InChI=1S/C20H27N3O3S2/c24-28(25)11-8-18(14-28)13-19-21-23(20(27)26-19)15-22-9-6-17(7-10-22)12-16-4-2-1-3-5-16/h1-5,17-18H,6-15H2/p+1/t18-/m0/s1. The van der Waals surface area contributed by atoms with Crippen LogP contribution >= 0.6 is 12.2 Å². The molecule has 28 heavy (non-hydrogen) atoms. The summed E-state index contributed by atoms with van der Waals surface area (Å²) in [6, 6.07) is 10.7. The van der Waals surface area contributed by atoms with Gasteiger partial charge in [0, 0.05) is 6.42 Å². The van der Waals surface area contributed by atoms with Gasteiger partial charge < -0.3 is 9.32 Å². The molecule has 3 heterocycles. The largest absolute Gasteiger partial charge is 0.414 e. The summed E-state index contributed by atoms with van der Waals surface area (Å²) in [4.78, 5) is 1.87. The number of likely N-dealkylation sites (tertiary alicyclic amines) is 1. The van der Waals surface area contributed by atoms with Crippen molar-refractivity contribution in [2.24, 2.45) is 11.8 Å². The van der Waals surface area contributed by atoms with E-state index in [-0.39, 0.29) is 17.4 Å². The molecule has 0 amide bonds. The number of hydrogen-bond donors (Lipinski definition) is 1. The average molecular weight is 423 g/mol. The van der Waals surface area contributed by atoms with E-state index in [9.17, 15) is 8.42 Å². The minimum Gasteiger partial charge on any atom is -0.414 e. The van der Waals surface area contributed by atoms with E-state index in [2.05, 4.69) is 35.4 Å². The summed E-state index contributed by atoms with van der Waals surface area (Å²) in [6.45, 7) is 2.95. The lowest BCUT2D eigenvalue weighted by atomic mass is 9.90. The van der Waals surface area contributed by atoms with E-state index in [1.54, 1.807) is 4.68 Å². The third-order valence-electron chi connectivity index (χ3n) is 5.99. The number of nitrogens with one attached hydrogen (secondary N) is 1. The fourth-order valence-electron chi connectivity index (χ4n) is 4.42. The van der Waals surface area contributed by atoms with Gasteiger partial charge in [-0.15, -0.1) is 5.10 Å². The van der Waals surface area contributed by atoms with Crippen LogP contribution < -0.4 is 4.90 Å². The van der Waals surface area contributed by atoms with Crippen molar-refractivity contribution in [3.63, 3.8) is 0 Å². The predicted molar refractivity (Wildman–Crippen MR) is 109 cm³/mol. The second-order valence-electron chi connectivity index (χ2n) is 8.28. The van der Waals surface area contributed by atoms with Crippen LogP contribution in [0.3, 0.4) is 0 Å². The zero-order chi connectivity index (χ0) is 19.6. The molecule has 2 aliphatic heterocycles. The first-order valence-corrected chi connectivity index (χ1v) is 12.3. The monoisotopic (exact) mass is 422 g/mol. The molecular weight excluding hydrogens is 394 g/mol. The van der Waals surface area contributed by atoms with Crippen molar-refractivity contribution in [2.75, 3.05) is 24.6 Å². The van der Waals surface area contributed by atoms with Gasteiger partial charge in [-0.05, 0) is 55.3 Å². The van der Waals surface area contributed by atoms with Gasteiger partial charge >= 0.3 is 0 Å². The summed E-state index contributed by atoms with van der Waals surface area (Å²) >= 11 is 5.34. The molecule has 1 aromatic carbocycles. The van der Waals surface area contributed by atoms with Gasteiger partial charge in [0.1, 0.15) is 0 Å². The van der Waals surface area contributed by atoms with Gasteiger partial charge in [0.05, 0.1) is 24.6 Å². The highest BCUT2D eigenvalue weighted by molar-refractivity contribution is 7.91. The Morgan fingerprint density at radius 2 is 1.86 bits per heavy atom. The quantitative estimate of drug-likeness (QED) is 0.718. The van der Waals surface area contributed by atoms with Gasteiger partial charge in [-0.1, -0.05) is 30.3 Å². The number of benzene rings is 1. The molecule has 0 aliphatic carbocycles. The molecular formula is C20H28N3O3S2+. The molecule has 0 bridgehead atoms. The third-order valence-corrected chi connectivity index (χ3v) is 8.12. The van der Waals surface area contributed by atoms with Gasteiger partial charge in [0.2, 0.25) is 5.89 Å². The number of quaternary nitrogens is 1. The second kappa shape index (κ2) is 8.47. The minimum absolute atomic E-state index is 0.104. The molecule has 0 unspecified atom stereocenters. The number of sulfone groups is 1. The first kappa shape index (κ1) is 19.8. The minimum atomic E-state index is -2.88. The number of aromatic nitrogens is 2. The smallest absolute Gasteiger partial charge is 0.291 e. The van der Waals surface area contributed by atoms with Crippen molar-refractivity contribution in [1.82, 2.24) is 9.78 Å². The van der Waals surface area contributed by atoms with Crippen LogP contribution in [0.1, 0.15) is 30.7 Å². The van der Waals surface area contributed by atoms with E-state index in [0.29, 0.717) is 23.6 Å². The van der Waals surface area contributed by atoms with Crippen LogP contribution in [0.25, 0.3) is 0 Å². The van der Waals surface area contributed by atoms with Crippen LogP contribution in [0.5, 0.6) is 0 Å². The highest BCUT2D eigenvalue weighted by atomic mass is 32.2. The van der Waals surface area contributed by atoms with Gasteiger partial charge in [-0.25, -0.2) is 8.42 Å². The van der Waals surface area contributed by atoms with Crippen molar-refractivity contribution in [1.29, 1.82) is 0 Å². The molecule has 1 N–H and O–H groups in total. The molecule has 0 saturated carbocycles. The Morgan fingerprint density at radius 3 is 2.54 bits per heavy atom. The molecule has 0 radical (unpaired) electrons. The number of hydrogen-bond acceptors (Lipinski definition) is 5. The van der Waals surface area contributed by atoms with E-state index in [1.165, 1.54) is 23.3 Å². The molecule has 152 valence electrons. The maximum absolute atomic E-state index is 11.6. The topological polar surface area (TPSA) is 69.5 Å². The fraction of sp³-hybridized carbons (Fsp3) is 0.600. The summed E-state index contributed by atoms with van der Waals surface area (Å²) in [5.41, 5.74) is 1.42. The van der Waals surface area contributed by atoms with E-state index in [4.69, 9.17) is 16.6 Å².